The maximum atomic E-state index is 13.7. The fraction of sp³-hybridized carbons (Fsp3) is 0.600. The number of amides is 4. The standard InChI is InChI=1S/C25H40N4O6/c1-9-29(22(33)17(13-14-18(26)30)27-23(34)35-25(6,7)8)19(21(32)28-24(3,4)5)16-12-10-11-15(2)20(16)31/h10-12,17,19,31H,9,13-14H2,1-8H3,(H2,26,30)(H,27,34)(H,28,32). The van der Waals surface area contributed by atoms with E-state index in [4.69, 9.17) is 10.5 Å². The van der Waals surface area contributed by atoms with Crippen LogP contribution >= 0.6 is 0 Å². The van der Waals surface area contributed by atoms with E-state index in [1.54, 1.807) is 73.6 Å². The van der Waals surface area contributed by atoms with Gasteiger partial charge in [-0.15, -0.1) is 0 Å². The Morgan fingerprint density at radius 1 is 1.11 bits per heavy atom. The quantitative estimate of drug-likeness (QED) is 0.416. The Morgan fingerprint density at radius 2 is 1.71 bits per heavy atom. The second-order valence-corrected chi connectivity index (χ2v) is 10.5. The maximum Gasteiger partial charge on any atom is 0.408 e. The molecule has 0 heterocycles. The van der Waals surface area contributed by atoms with Gasteiger partial charge < -0.3 is 31.1 Å². The van der Waals surface area contributed by atoms with Crippen LogP contribution in [0, 0.1) is 6.92 Å². The predicted molar refractivity (Wildman–Crippen MR) is 132 cm³/mol. The molecule has 5 N–H and O–H groups in total. The van der Waals surface area contributed by atoms with Crippen molar-refractivity contribution < 1.29 is 29.0 Å². The smallest absolute Gasteiger partial charge is 0.408 e. The van der Waals surface area contributed by atoms with Crippen LogP contribution in [0.3, 0.4) is 0 Å². The Labute approximate surface area is 207 Å². The van der Waals surface area contributed by atoms with E-state index in [1.807, 2.05) is 0 Å². The molecule has 0 spiro atoms. The van der Waals surface area contributed by atoms with Gasteiger partial charge in [-0.05, 0) is 67.4 Å². The number of rotatable bonds is 9. The Balaban J connectivity index is 3.48. The molecule has 0 aliphatic heterocycles. The number of benzene rings is 1. The maximum absolute atomic E-state index is 13.7. The summed E-state index contributed by atoms with van der Waals surface area (Å²) in [5.41, 5.74) is 4.64. The van der Waals surface area contributed by atoms with E-state index in [9.17, 15) is 24.3 Å². The molecule has 4 amide bonds. The van der Waals surface area contributed by atoms with E-state index in [0.29, 0.717) is 5.56 Å². The average molecular weight is 493 g/mol. The number of alkyl carbamates (subject to hydrolysis) is 1. The second-order valence-electron chi connectivity index (χ2n) is 10.5. The Kier molecular flexibility index (Phi) is 10.1. The van der Waals surface area contributed by atoms with Crippen LogP contribution in [-0.4, -0.2) is 57.5 Å². The summed E-state index contributed by atoms with van der Waals surface area (Å²) < 4.78 is 5.28. The number of ether oxygens (including phenoxy) is 1. The van der Waals surface area contributed by atoms with Gasteiger partial charge in [0.2, 0.25) is 17.7 Å². The second kappa shape index (κ2) is 11.9. The van der Waals surface area contributed by atoms with Crippen LogP contribution in [0.25, 0.3) is 0 Å². The molecule has 0 fully saturated rings. The normalized spacial score (nSPS) is 13.4. The van der Waals surface area contributed by atoms with E-state index in [0.717, 1.165) is 0 Å². The summed E-state index contributed by atoms with van der Waals surface area (Å²) in [6.45, 7) is 13.9. The van der Waals surface area contributed by atoms with E-state index in [-0.39, 0.29) is 30.7 Å². The molecule has 10 nitrogen and oxygen atoms in total. The average Bonchev–Trinajstić information content (AvgIpc) is 2.68. The van der Waals surface area contributed by atoms with Gasteiger partial charge in [0.25, 0.3) is 0 Å². The van der Waals surface area contributed by atoms with Crippen LogP contribution in [0.4, 0.5) is 4.79 Å². The lowest BCUT2D eigenvalue weighted by atomic mass is 9.97. The Morgan fingerprint density at radius 3 is 2.20 bits per heavy atom. The van der Waals surface area contributed by atoms with Crippen LogP contribution in [0.15, 0.2) is 18.2 Å². The molecular weight excluding hydrogens is 452 g/mol. The molecule has 0 aliphatic carbocycles. The monoisotopic (exact) mass is 492 g/mol. The molecule has 1 aromatic carbocycles. The highest BCUT2D eigenvalue weighted by Crippen LogP contribution is 2.32. The number of nitrogens with zero attached hydrogens (tertiary/aromatic N) is 1. The summed E-state index contributed by atoms with van der Waals surface area (Å²) in [6.07, 6.45) is -1.10. The zero-order valence-corrected chi connectivity index (χ0v) is 22.0. The number of nitrogens with two attached hydrogens (primary N) is 1. The van der Waals surface area contributed by atoms with Crippen molar-refractivity contribution in [3.8, 4) is 5.75 Å². The van der Waals surface area contributed by atoms with E-state index < -0.39 is 47.0 Å². The predicted octanol–water partition coefficient (Wildman–Crippen LogP) is 2.66. The summed E-state index contributed by atoms with van der Waals surface area (Å²) in [5, 5.41) is 16.1. The zero-order chi connectivity index (χ0) is 27.1. The number of likely N-dealkylation sites (N-methyl/N-ethyl adjacent to an activating group) is 1. The third-order valence-corrected chi connectivity index (χ3v) is 4.91. The van der Waals surface area contributed by atoms with E-state index in [1.165, 1.54) is 4.90 Å². The van der Waals surface area contributed by atoms with Gasteiger partial charge in [-0.2, -0.15) is 0 Å². The zero-order valence-electron chi connectivity index (χ0n) is 22.0. The number of para-hydroxylation sites is 1. The van der Waals surface area contributed by atoms with Crippen molar-refractivity contribution in [2.45, 2.75) is 91.5 Å². The van der Waals surface area contributed by atoms with Gasteiger partial charge in [-0.1, -0.05) is 18.2 Å². The number of aryl methyl sites for hydroxylation is 1. The van der Waals surface area contributed by atoms with Crippen LogP contribution in [0.1, 0.15) is 78.5 Å². The minimum absolute atomic E-state index is 0.0809. The van der Waals surface area contributed by atoms with Crippen molar-refractivity contribution in [1.29, 1.82) is 0 Å². The third kappa shape index (κ3) is 9.46. The van der Waals surface area contributed by atoms with Crippen LogP contribution in [0.5, 0.6) is 5.75 Å². The number of carbonyl (C=O) groups excluding carboxylic acids is 4. The van der Waals surface area contributed by atoms with Crippen molar-refractivity contribution >= 4 is 23.8 Å². The lowest BCUT2D eigenvalue weighted by Gasteiger charge is -2.35. The minimum Gasteiger partial charge on any atom is -0.507 e. The van der Waals surface area contributed by atoms with E-state index >= 15 is 0 Å². The molecule has 0 aromatic heterocycles. The van der Waals surface area contributed by atoms with Gasteiger partial charge in [0, 0.05) is 24.1 Å². The molecule has 1 aromatic rings. The number of phenolic OH excluding ortho intramolecular Hbond substituents is 1. The summed E-state index contributed by atoms with van der Waals surface area (Å²) in [5.74, 6) is -1.87. The molecule has 0 radical (unpaired) electrons. The lowest BCUT2D eigenvalue weighted by molar-refractivity contribution is -0.143. The van der Waals surface area contributed by atoms with Gasteiger partial charge in [-0.25, -0.2) is 4.79 Å². The molecule has 2 atom stereocenters. The molecular formula is C25H40N4O6. The molecule has 35 heavy (non-hydrogen) atoms. The molecule has 0 saturated heterocycles. The largest absolute Gasteiger partial charge is 0.507 e. The lowest BCUT2D eigenvalue weighted by Crippen LogP contribution is -2.54. The topological polar surface area (TPSA) is 151 Å². The molecule has 0 aliphatic rings. The Hall–Kier alpha value is -3.30. The van der Waals surface area contributed by atoms with Gasteiger partial charge in [-0.3, -0.25) is 14.4 Å². The van der Waals surface area contributed by atoms with Crippen LogP contribution in [0.2, 0.25) is 0 Å². The van der Waals surface area contributed by atoms with Gasteiger partial charge in [0.1, 0.15) is 23.4 Å². The number of nitrogens with one attached hydrogen (secondary N) is 2. The fourth-order valence-electron chi connectivity index (χ4n) is 3.45. The van der Waals surface area contributed by atoms with Crippen molar-refractivity contribution in [3.05, 3.63) is 29.3 Å². The molecule has 2 unspecified atom stereocenters. The highest BCUT2D eigenvalue weighted by Gasteiger charge is 2.38. The summed E-state index contributed by atoms with van der Waals surface area (Å²) in [7, 11) is 0. The first-order valence-corrected chi connectivity index (χ1v) is 11.7. The number of aromatic hydroxyl groups is 1. The van der Waals surface area contributed by atoms with Crippen molar-refractivity contribution in [1.82, 2.24) is 15.5 Å². The van der Waals surface area contributed by atoms with E-state index in [2.05, 4.69) is 10.6 Å². The summed E-state index contributed by atoms with van der Waals surface area (Å²) >= 11 is 0. The summed E-state index contributed by atoms with van der Waals surface area (Å²) in [4.78, 5) is 52.3. The first kappa shape index (κ1) is 29.7. The molecule has 1 rings (SSSR count). The van der Waals surface area contributed by atoms with Gasteiger partial charge in [0.15, 0.2) is 0 Å². The fourth-order valence-corrected chi connectivity index (χ4v) is 3.45. The molecule has 0 saturated carbocycles. The SMILES string of the molecule is CCN(C(=O)C(CCC(N)=O)NC(=O)OC(C)(C)C)C(C(=O)NC(C)(C)C)c1cccc(C)c1O. The first-order chi connectivity index (χ1) is 16.0. The number of phenols is 1. The van der Waals surface area contributed by atoms with Crippen molar-refractivity contribution in [2.75, 3.05) is 6.54 Å². The third-order valence-electron chi connectivity index (χ3n) is 4.91. The number of carbonyl (C=O) groups is 4. The minimum atomic E-state index is -1.19. The highest BCUT2D eigenvalue weighted by molar-refractivity contribution is 5.93. The Bertz CT molecular complexity index is 933. The van der Waals surface area contributed by atoms with Gasteiger partial charge >= 0.3 is 6.09 Å². The number of hydrogen-bond donors (Lipinski definition) is 4. The molecule has 0 bridgehead atoms. The molecule has 196 valence electrons. The number of primary amides is 1. The van der Waals surface area contributed by atoms with Gasteiger partial charge in [0.05, 0.1) is 0 Å². The molecule has 10 heteroatoms. The van der Waals surface area contributed by atoms with Crippen molar-refractivity contribution in [2.24, 2.45) is 5.73 Å². The van der Waals surface area contributed by atoms with Crippen LogP contribution in [-0.2, 0) is 19.1 Å². The summed E-state index contributed by atoms with van der Waals surface area (Å²) in [6, 6.07) is 2.57. The number of hydrogen-bond acceptors (Lipinski definition) is 6. The first-order valence-electron chi connectivity index (χ1n) is 11.7. The van der Waals surface area contributed by atoms with Crippen molar-refractivity contribution in [3.63, 3.8) is 0 Å². The van der Waals surface area contributed by atoms with Crippen LogP contribution < -0.4 is 16.4 Å². The highest BCUT2D eigenvalue weighted by atomic mass is 16.6.